The molecule has 18 heavy (non-hydrogen) atoms. The van der Waals surface area contributed by atoms with Gasteiger partial charge in [0.15, 0.2) is 0 Å². The molecule has 0 amide bonds. The highest BCUT2D eigenvalue weighted by molar-refractivity contribution is 5.81. The van der Waals surface area contributed by atoms with Crippen molar-refractivity contribution in [3.63, 3.8) is 0 Å². The number of hydrogen-bond acceptors (Lipinski definition) is 1. The quantitative estimate of drug-likeness (QED) is 0.517. The van der Waals surface area contributed by atoms with Crippen molar-refractivity contribution >= 4 is 11.0 Å². The van der Waals surface area contributed by atoms with Crippen LogP contribution in [-0.2, 0) is 0 Å². The minimum Gasteiger partial charge on any atom is -0.711 e. The maximum Gasteiger partial charge on any atom is 0.290 e. The molecule has 2 heterocycles. The number of aryl methyl sites for hydroxylation is 1. The molecule has 0 fully saturated rings. The van der Waals surface area contributed by atoms with Gasteiger partial charge < -0.3 is 5.21 Å². The summed E-state index contributed by atoms with van der Waals surface area (Å²) in [5, 5.41) is 12.6. The van der Waals surface area contributed by atoms with Gasteiger partial charge in [0.1, 0.15) is 11.5 Å². The van der Waals surface area contributed by atoms with Gasteiger partial charge in [-0.1, -0.05) is 0 Å². The Morgan fingerprint density at radius 3 is 2.61 bits per heavy atom. The van der Waals surface area contributed by atoms with E-state index in [-0.39, 0.29) is 5.82 Å². The zero-order chi connectivity index (χ0) is 12.7. The third-order valence-electron chi connectivity index (χ3n) is 2.91. The highest BCUT2D eigenvalue weighted by atomic mass is 19.1. The maximum absolute atomic E-state index is 12.9. The molecule has 1 N–H and O–H groups in total. The SMILES string of the molecule is Cc1cc2cc(-c3ccc(F)cc3)[nH]c2[n+]([O-])c1. The third-order valence-corrected chi connectivity index (χ3v) is 2.91. The van der Waals surface area contributed by atoms with E-state index < -0.39 is 0 Å². The van der Waals surface area contributed by atoms with Crippen LogP contribution in [-0.4, -0.2) is 4.98 Å². The standard InChI is InChI=1S/C14H11FN2O/c1-9-6-11-7-13(16-14(11)17(18)8-9)10-2-4-12(15)5-3-10/h2-8,16H,1H3. The number of rotatable bonds is 1. The summed E-state index contributed by atoms with van der Waals surface area (Å²) in [4.78, 5) is 3.05. The summed E-state index contributed by atoms with van der Waals surface area (Å²) in [6, 6.07) is 10.00. The highest BCUT2D eigenvalue weighted by Gasteiger charge is 2.11. The molecule has 0 spiro atoms. The molecule has 3 rings (SSSR count). The fraction of sp³-hybridized carbons (Fsp3) is 0.0714. The number of fused-ring (bicyclic) bond motifs is 1. The van der Waals surface area contributed by atoms with E-state index in [1.54, 1.807) is 12.1 Å². The summed E-state index contributed by atoms with van der Waals surface area (Å²) in [7, 11) is 0. The molecular weight excluding hydrogens is 231 g/mol. The molecule has 0 aliphatic carbocycles. The zero-order valence-corrected chi connectivity index (χ0v) is 9.77. The lowest BCUT2D eigenvalue weighted by Gasteiger charge is -2.02. The van der Waals surface area contributed by atoms with Gasteiger partial charge >= 0.3 is 0 Å². The molecule has 0 atom stereocenters. The van der Waals surface area contributed by atoms with Crippen molar-refractivity contribution in [2.75, 3.05) is 0 Å². The van der Waals surface area contributed by atoms with Gasteiger partial charge in [-0.15, -0.1) is 0 Å². The molecule has 90 valence electrons. The van der Waals surface area contributed by atoms with Crippen LogP contribution in [0.25, 0.3) is 22.3 Å². The van der Waals surface area contributed by atoms with E-state index in [4.69, 9.17) is 0 Å². The molecule has 0 unspecified atom stereocenters. The van der Waals surface area contributed by atoms with E-state index >= 15 is 0 Å². The second-order valence-corrected chi connectivity index (χ2v) is 4.34. The predicted molar refractivity (Wildman–Crippen MR) is 67.4 cm³/mol. The maximum atomic E-state index is 12.9. The van der Waals surface area contributed by atoms with Crippen molar-refractivity contribution in [3.05, 3.63) is 59.2 Å². The Morgan fingerprint density at radius 1 is 1.17 bits per heavy atom. The summed E-state index contributed by atoms with van der Waals surface area (Å²) in [5.41, 5.74) is 3.08. The van der Waals surface area contributed by atoms with Crippen LogP contribution in [0.3, 0.4) is 0 Å². The van der Waals surface area contributed by atoms with E-state index in [9.17, 15) is 9.60 Å². The van der Waals surface area contributed by atoms with Gasteiger partial charge in [-0.3, -0.25) is 0 Å². The minimum atomic E-state index is -0.274. The van der Waals surface area contributed by atoms with Gasteiger partial charge in [0.2, 0.25) is 0 Å². The first-order valence-electron chi connectivity index (χ1n) is 5.62. The lowest BCUT2D eigenvalue weighted by Crippen LogP contribution is -2.26. The van der Waals surface area contributed by atoms with Crippen molar-refractivity contribution < 1.29 is 9.12 Å². The Bertz CT molecular complexity index is 716. The average molecular weight is 242 g/mol. The van der Waals surface area contributed by atoms with Gasteiger partial charge in [-0.2, -0.15) is 0 Å². The third kappa shape index (κ3) is 1.72. The van der Waals surface area contributed by atoms with Crippen molar-refractivity contribution in [1.82, 2.24) is 4.98 Å². The summed E-state index contributed by atoms with van der Waals surface area (Å²) < 4.78 is 13.7. The Labute approximate surface area is 103 Å². The number of halogens is 1. The van der Waals surface area contributed by atoms with Crippen LogP contribution in [0.2, 0.25) is 0 Å². The average Bonchev–Trinajstić information content (AvgIpc) is 2.74. The predicted octanol–water partition coefficient (Wildman–Crippen LogP) is 2.92. The smallest absolute Gasteiger partial charge is 0.290 e. The fourth-order valence-electron chi connectivity index (χ4n) is 2.07. The Hall–Kier alpha value is -2.36. The molecule has 3 aromatic rings. The summed E-state index contributed by atoms with van der Waals surface area (Å²) in [6.07, 6.45) is 1.52. The molecule has 4 heteroatoms. The monoisotopic (exact) mass is 242 g/mol. The first-order chi connectivity index (χ1) is 8.63. The number of nitrogens with one attached hydrogen (secondary N) is 1. The van der Waals surface area contributed by atoms with Crippen molar-refractivity contribution in [3.8, 4) is 11.3 Å². The first kappa shape index (κ1) is 10.8. The summed E-state index contributed by atoms with van der Waals surface area (Å²) >= 11 is 0. The van der Waals surface area contributed by atoms with E-state index in [0.717, 1.165) is 26.9 Å². The van der Waals surface area contributed by atoms with Gasteiger partial charge in [0.25, 0.3) is 5.65 Å². The van der Waals surface area contributed by atoms with Gasteiger partial charge in [-0.25, -0.2) is 14.1 Å². The van der Waals surface area contributed by atoms with Crippen LogP contribution in [0.4, 0.5) is 4.39 Å². The molecule has 0 saturated carbocycles. The minimum absolute atomic E-state index is 0.274. The molecule has 0 bridgehead atoms. The van der Waals surface area contributed by atoms with Gasteiger partial charge in [0.05, 0.1) is 11.6 Å². The molecule has 3 nitrogen and oxygen atoms in total. The molecule has 1 aromatic carbocycles. The Kier molecular flexibility index (Phi) is 2.30. The largest absolute Gasteiger partial charge is 0.711 e. The lowest BCUT2D eigenvalue weighted by molar-refractivity contribution is -0.579. The molecule has 0 saturated heterocycles. The van der Waals surface area contributed by atoms with Gasteiger partial charge in [0, 0.05) is 11.6 Å². The van der Waals surface area contributed by atoms with E-state index in [0.29, 0.717) is 5.65 Å². The van der Waals surface area contributed by atoms with Crippen LogP contribution in [0.15, 0.2) is 42.6 Å². The zero-order valence-electron chi connectivity index (χ0n) is 9.77. The van der Waals surface area contributed by atoms with E-state index in [1.807, 2.05) is 19.1 Å². The number of aromatic nitrogens is 2. The van der Waals surface area contributed by atoms with Crippen LogP contribution in [0.5, 0.6) is 0 Å². The van der Waals surface area contributed by atoms with Gasteiger partial charge in [-0.05, 0) is 42.8 Å². The van der Waals surface area contributed by atoms with Crippen molar-refractivity contribution in [2.24, 2.45) is 0 Å². The van der Waals surface area contributed by atoms with Crippen LogP contribution in [0, 0.1) is 17.9 Å². The number of aromatic amines is 1. The number of nitrogens with zero attached hydrogens (tertiary/aromatic N) is 1. The molecule has 0 radical (unpaired) electrons. The van der Waals surface area contributed by atoms with Crippen molar-refractivity contribution in [2.45, 2.75) is 6.92 Å². The second kappa shape index (κ2) is 3.84. The normalized spacial score (nSPS) is 11.0. The van der Waals surface area contributed by atoms with Crippen LogP contribution >= 0.6 is 0 Å². The summed E-state index contributed by atoms with van der Waals surface area (Å²) in [6.45, 7) is 1.87. The number of pyridine rings is 1. The van der Waals surface area contributed by atoms with E-state index in [2.05, 4.69) is 4.98 Å². The lowest BCUT2D eigenvalue weighted by atomic mass is 10.1. The fourth-order valence-corrected chi connectivity index (χ4v) is 2.07. The Balaban J connectivity index is 2.19. The van der Waals surface area contributed by atoms with Crippen LogP contribution < -0.4 is 4.73 Å². The van der Waals surface area contributed by atoms with E-state index in [1.165, 1.54) is 18.3 Å². The first-order valence-corrected chi connectivity index (χ1v) is 5.62. The molecule has 0 aliphatic rings. The number of benzene rings is 1. The molecule has 0 aliphatic heterocycles. The molecule has 2 aromatic heterocycles. The topological polar surface area (TPSA) is 42.7 Å². The molecular formula is C14H11FN2O. The number of H-pyrrole nitrogens is 1. The summed E-state index contributed by atoms with van der Waals surface area (Å²) in [5.74, 6) is -0.274. The van der Waals surface area contributed by atoms with Crippen molar-refractivity contribution in [1.29, 1.82) is 0 Å². The van der Waals surface area contributed by atoms with Crippen LogP contribution in [0.1, 0.15) is 5.56 Å². The Morgan fingerprint density at radius 2 is 1.89 bits per heavy atom. The second-order valence-electron chi connectivity index (χ2n) is 4.34. The number of hydrogen-bond donors (Lipinski definition) is 1. The highest BCUT2D eigenvalue weighted by Crippen LogP contribution is 2.23.